The molecule has 1 aliphatic rings. The summed E-state index contributed by atoms with van der Waals surface area (Å²) in [5.74, 6) is 0. The lowest BCUT2D eigenvalue weighted by Crippen LogP contribution is -2.50. The molecule has 2 amide bonds. The first kappa shape index (κ1) is 15.9. The van der Waals surface area contributed by atoms with Gasteiger partial charge in [-0.25, -0.2) is 4.79 Å². The molecule has 120 valence electrons. The lowest BCUT2D eigenvalue weighted by atomic mass is 10.2. The summed E-state index contributed by atoms with van der Waals surface area (Å²) in [4.78, 5) is 16.6. The fourth-order valence-electron chi connectivity index (χ4n) is 2.72. The maximum Gasteiger partial charge on any atom is 0.321 e. The Kier molecular flexibility index (Phi) is 4.86. The van der Waals surface area contributed by atoms with Crippen LogP contribution in [0.1, 0.15) is 5.56 Å². The number of halogens is 1. The van der Waals surface area contributed by atoms with Crippen LogP contribution in [-0.4, -0.2) is 37.1 Å². The zero-order valence-corrected chi connectivity index (χ0v) is 14.7. The zero-order chi connectivity index (χ0) is 16.2. The van der Waals surface area contributed by atoms with Crippen molar-refractivity contribution in [1.82, 2.24) is 4.90 Å². The number of hydrogen-bond acceptors (Lipinski definition) is 2. The molecule has 1 aliphatic heterocycles. The Balaban J connectivity index is 1.58. The molecule has 4 nitrogen and oxygen atoms in total. The molecule has 23 heavy (non-hydrogen) atoms. The average Bonchev–Trinajstić information content (AvgIpc) is 2.58. The lowest BCUT2D eigenvalue weighted by molar-refractivity contribution is 0.208. The van der Waals surface area contributed by atoms with Crippen LogP contribution in [0.4, 0.5) is 16.2 Å². The largest absolute Gasteiger partial charge is 0.368 e. The van der Waals surface area contributed by atoms with E-state index in [4.69, 9.17) is 0 Å². The standard InChI is InChI=1S/C18H20BrN3O/c1-14-7-8-17(16(19)13-14)20-18(23)22-11-9-21(10-12-22)15-5-3-2-4-6-15/h2-8,13H,9-12H2,1H3,(H,20,23). The number of benzene rings is 2. The summed E-state index contributed by atoms with van der Waals surface area (Å²) in [5, 5.41) is 2.98. The number of nitrogens with one attached hydrogen (secondary N) is 1. The number of amides is 2. The predicted octanol–water partition coefficient (Wildman–Crippen LogP) is 4.11. The number of urea groups is 1. The van der Waals surface area contributed by atoms with E-state index >= 15 is 0 Å². The highest BCUT2D eigenvalue weighted by atomic mass is 79.9. The Morgan fingerprint density at radius 1 is 1.04 bits per heavy atom. The van der Waals surface area contributed by atoms with Crippen LogP contribution in [-0.2, 0) is 0 Å². The van der Waals surface area contributed by atoms with Crippen molar-refractivity contribution in [3.63, 3.8) is 0 Å². The van der Waals surface area contributed by atoms with Crippen LogP contribution in [0.2, 0.25) is 0 Å². The first-order chi connectivity index (χ1) is 11.1. The smallest absolute Gasteiger partial charge is 0.321 e. The number of para-hydroxylation sites is 1. The number of hydrogen-bond donors (Lipinski definition) is 1. The van der Waals surface area contributed by atoms with E-state index in [1.165, 1.54) is 5.69 Å². The van der Waals surface area contributed by atoms with Crippen molar-refractivity contribution in [3.8, 4) is 0 Å². The molecule has 1 fully saturated rings. The van der Waals surface area contributed by atoms with E-state index in [2.05, 4.69) is 38.3 Å². The highest BCUT2D eigenvalue weighted by Crippen LogP contribution is 2.24. The maximum absolute atomic E-state index is 12.4. The van der Waals surface area contributed by atoms with Gasteiger partial charge in [-0.05, 0) is 52.7 Å². The van der Waals surface area contributed by atoms with Crippen molar-refractivity contribution in [2.45, 2.75) is 6.92 Å². The van der Waals surface area contributed by atoms with Crippen LogP contribution in [0.15, 0.2) is 53.0 Å². The normalized spacial score (nSPS) is 14.7. The van der Waals surface area contributed by atoms with Crippen LogP contribution in [0.3, 0.4) is 0 Å². The molecular formula is C18H20BrN3O. The summed E-state index contributed by atoms with van der Waals surface area (Å²) >= 11 is 3.50. The molecule has 2 aromatic rings. The van der Waals surface area contributed by atoms with Gasteiger partial charge in [-0.3, -0.25) is 0 Å². The van der Waals surface area contributed by atoms with Gasteiger partial charge in [-0.2, -0.15) is 0 Å². The van der Waals surface area contributed by atoms with Gasteiger partial charge < -0.3 is 15.1 Å². The van der Waals surface area contributed by atoms with E-state index in [1.807, 2.05) is 48.2 Å². The molecule has 0 aliphatic carbocycles. The molecule has 0 saturated carbocycles. The molecule has 0 spiro atoms. The van der Waals surface area contributed by atoms with Crippen molar-refractivity contribution in [2.24, 2.45) is 0 Å². The second-order valence-corrected chi connectivity index (χ2v) is 6.58. The van der Waals surface area contributed by atoms with E-state index in [9.17, 15) is 4.79 Å². The van der Waals surface area contributed by atoms with Gasteiger partial charge in [0.25, 0.3) is 0 Å². The molecular weight excluding hydrogens is 354 g/mol. The number of rotatable bonds is 2. The predicted molar refractivity (Wildman–Crippen MR) is 98.1 cm³/mol. The van der Waals surface area contributed by atoms with E-state index < -0.39 is 0 Å². The molecule has 3 rings (SSSR count). The quantitative estimate of drug-likeness (QED) is 0.859. The van der Waals surface area contributed by atoms with Crippen LogP contribution < -0.4 is 10.2 Å². The number of piperazine rings is 1. The third-order valence-corrected chi connectivity index (χ3v) is 4.71. The number of anilines is 2. The highest BCUT2D eigenvalue weighted by molar-refractivity contribution is 9.10. The average molecular weight is 374 g/mol. The summed E-state index contributed by atoms with van der Waals surface area (Å²) in [7, 11) is 0. The van der Waals surface area contributed by atoms with Crippen molar-refractivity contribution in [1.29, 1.82) is 0 Å². The highest BCUT2D eigenvalue weighted by Gasteiger charge is 2.21. The number of carbonyl (C=O) groups is 1. The Morgan fingerprint density at radius 3 is 2.39 bits per heavy atom. The van der Waals surface area contributed by atoms with Gasteiger partial charge in [0.05, 0.1) is 5.69 Å². The minimum absolute atomic E-state index is 0.0396. The van der Waals surface area contributed by atoms with Crippen LogP contribution >= 0.6 is 15.9 Å². The van der Waals surface area contributed by atoms with Crippen molar-refractivity contribution in [3.05, 3.63) is 58.6 Å². The summed E-state index contributed by atoms with van der Waals surface area (Å²) in [6, 6.07) is 16.2. The Morgan fingerprint density at radius 2 is 1.74 bits per heavy atom. The van der Waals surface area contributed by atoms with E-state index in [0.29, 0.717) is 0 Å². The van der Waals surface area contributed by atoms with E-state index in [0.717, 1.165) is 41.9 Å². The number of nitrogens with zero attached hydrogens (tertiary/aromatic N) is 2. The maximum atomic E-state index is 12.4. The molecule has 2 aromatic carbocycles. The van der Waals surface area contributed by atoms with Gasteiger partial charge in [-0.1, -0.05) is 24.3 Å². The molecule has 0 radical (unpaired) electrons. The molecule has 0 aromatic heterocycles. The van der Waals surface area contributed by atoms with Crippen molar-refractivity contribution >= 4 is 33.3 Å². The van der Waals surface area contributed by atoms with E-state index in [-0.39, 0.29) is 6.03 Å². The third-order valence-electron chi connectivity index (χ3n) is 4.05. The molecule has 1 N–H and O–H groups in total. The molecule has 1 saturated heterocycles. The second kappa shape index (κ2) is 7.04. The molecule has 1 heterocycles. The van der Waals surface area contributed by atoms with Crippen molar-refractivity contribution in [2.75, 3.05) is 36.4 Å². The minimum Gasteiger partial charge on any atom is -0.368 e. The first-order valence-electron chi connectivity index (χ1n) is 7.75. The summed E-state index contributed by atoms with van der Waals surface area (Å²) in [6.45, 7) is 5.19. The Hall–Kier alpha value is -2.01. The SMILES string of the molecule is Cc1ccc(NC(=O)N2CCN(c3ccccc3)CC2)c(Br)c1. The third kappa shape index (κ3) is 3.85. The molecule has 5 heteroatoms. The van der Waals surface area contributed by atoms with E-state index in [1.54, 1.807) is 0 Å². The zero-order valence-electron chi connectivity index (χ0n) is 13.1. The topological polar surface area (TPSA) is 35.6 Å². The van der Waals surface area contributed by atoms with Crippen LogP contribution in [0, 0.1) is 6.92 Å². The van der Waals surface area contributed by atoms with Gasteiger partial charge in [0.2, 0.25) is 0 Å². The van der Waals surface area contributed by atoms with Gasteiger partial charge in [0.1, 0.15) is 0 Å². The van der Waals surface area contributed by atoms with Gasteiger partial charge >= 0.3 is 6.03 Å². The molecule has 0 unspecified atom stereocenters. The van der Waals surface area contributed by atoms with Gasteiger partial charge in [0, 0.05) is 36.3 Å². The molecule has 0 bridgehead atoms. The lowest BCUT2D eigenvalue weighted by Gasteiger charge is -2.36. The summed E-state index contributed by atoms with van der Waals surface area (Å²) < 4.78 is 0.911. The van der Waals surface area contributed by atoms with Gasteiger partial charge in [0.15, 0.2) is 0 Å². The fraction of sp³-hybridized carbons (Fsp3) is 0.278. The monoisotopic (exact) mass is 373 g/mol. The Labute approximate surface area is 145 Å². The second-order valence-electron chi connectivity index (χ2n) is 5.72. The first-order valence-corrected chi connectivity index (χ1v) is 8.55. The number of aryl methyl sites for hydroxylation is 1. The minimum atomic E-state index is -0.0396. The summed E-state index contributed by atoms with van der Waals surface area (Å²) in [6.07, 6.45) is 0. The Bertz CT molecular complexity index is 682. The van der Waals surface area contributed by atoms with Crippen molar-refractivity contribution < 1.29 is 4.79 Å². The molecule has 0 atom stereocenters. The summed E-state index contributed by atoms with van der Waals surface area (Å²) in [5.41, 5.74) is 3.19. The number of carbonyl (C=O) groups excluding carboxylic acids is 1. The van der Waals surface area contributed by atoms with Gasteiger partial charge in [-0.15, -0.1) is 0 Å². The van der Waals surface area contributed by atoms with Crippen LogP contribution in [0.5, 0.6) is 0 Å². The fourth-order valence-corrected chi connectivity index (χ4v) is 3.31. The van der Waals surface area contributed by atoms with Crippen LogP contribution in [0.25, 0.3) is 0 Å².